The maximum absolute atomic E-state index is 11.3. The molecule has 1 aliphatic heterocycles. The molecule has 0 aromatic carbocycles. The minimum absolute atomic E-state index is 0.194. The lowest BCUT2D eigenvalue weighted by atomic mass is 9.99. The molecular weight excluding hydrogens is 368 g/mol. The highest BCUT2D eigenvalue weighted by Gasteiger charge is 2.38. The predicted molar refractivity (Wildman–Crippen MR) is 113 cm³/mol. The molecule has 162 valence electrons. The summed E-state index contributed by atoms with van der Waals surface area (Å²) in [7, 11) is 2.99. The zero-order chi connectivity index (χ0) is 21.2. The number of hydrogen-bond acceptors (Lipinski definition) is 5. The summed E-state index contributed by atoms with van der Waals surface area (Å²) in [6.45, 7) is 0. The molecule has 1 fully saturated rings. The molecule has 5 heteroatoms. The lowest BCUT2D eigenvalue weighted by molar-refractivity contribution is -0.466. The fourth-order valence-electron chi connectivity index (χ4n) is 3.18. The molecule has 0 radical (unpaired) electrons. The van der Waals surface area contributed by atoms with Crippen molar-refractivity contribution in [2.75, 3.05) is 14.2 Å². The number of rotatable bonds is 13. The Bertz CT molecular complexity index is 570. The molecule has 0 saturated carbocycles. The van der Waals surface area contributed by atoms with E-state index in [0.29, 0.717) is 19.3 Å². The van der Waals surface area contributed by atoms with Crippen molar-refractivity contribution in [3.63, 3.8) is 0 Å². The maximum atomic E-state index is 11.3. The van der Waals surface area contributed by atoms with Crippen LogP contribution in [-0.2, 0) is 24.0 Å². The first-order valence-corrected chi connectivity index (χ1v) is 10.7. The van der Waals surface area contributed by atoms with E-state index in [2.05, 4.69) is 28.6 Å². The van der Waals surface area contributed by atoms with Crippen LogP contribution in [0.15, 0.2) is 12.2 Å². The number of esters is 1. The monoisotopic (exact) mass is 404 g/mol. The fourth-order valence-corrected chi connectivity index (χ4v) is 3.18. The SMILES string of the molecule is C#CCCCCCCC/C=C/C#CCCC[C@]1(OC)CC[C@@H](CC(=O)OC)OO1. The van der Waals surface area contributed by atoms with Gasteiger partial charge in [-0.3, -0.25) is 4.79 Å². The van der Waals surface area contributed by atoms with E-state index in [9.17, 15) is 4.79 Å². The van der Waals surface area contributed by atoms with Gasteiger partial charge in [0, 0.05) is 32.8 Å². The van der Waals surface area contributed by atoms with Crippen LogP contribution in [0.25, 0.3) is 0 Å². The highest BCUT2D eigenvalue weighted by Crippen LogP contribution is 2.33. The summed E-state index contributed by atoms with van der Waals surface area (Å²) < 4.78 is 10.2. The number of methoxy groups -OCH3 is 2. The van der Waals surface area contributed by atoms with E-state index in [1.165, 1.54) is 32.8 Å². The Balaban J connectivity index is 2.11. The molecule has 1 heterocycles. The molecule has 0 spiro atoms. The van der Waals surface area contributed by atoms with Crippen molar-refractivity contribution in [2.45, 2.75) is 95.4 Å². The minimum atomic E-state index is -0.746. The first kappa shape index (κ1) is 25.2. The highest BCUT2D eigenvalue weighted by atomic mass is 17.2. The van der Waals surface area contributed by atoms with Gasteiger partial charge in [-0.1, -0.05) is 37.2 Å². The summed E-state index contributed by atoms with van der Waals surface area (Å²) >= 11 is 0. The van der Waals surface area contributed by atoms with Crippen LogP contribution >= 0.6 is 0 Å². The third kappa shape index (κ3) is 11.7. The molecule has 1 saturated heterocycles. The number of hydrogen-bond donors (Lipinski definition) is 0. The zero-order valence-electron chi connectivity index (χ0n) is 18.0. The van der Waals surface area contributed by atoms with Gasteiger partial charge in [0.15, 0.2) is 0 Å². The molecule has 0 aromatic heterocycles. The van der Waals surface area contributed by atoms with E-state index in [1.54, 1.807) is 7.11 Å². The second-order valence-corrected chi connectivity index (χ2v) is 7.32. The van der Waals surface area contributed by atoms with Crippen molar-refractivity contribution >= 4 is 5.97 Å². The molecule has 0 bridgehead atoms. The third-order valence-electron chi connectivity index (χ3n) is 5.03. The quantitative estimate of drug-likeness (QED) is 0.185. The number of carbonyl (C=O) groups excluding carboxylic acids is 1. The Kier molecular flexibility index (Phi) is 14.0. The molecule has 29 heavy (non-hydrogen) atoms. The summed E-state index contributed by atoms with van der Waals surface area (Å²) in [6.07, 6.45) is 21.0. The second-order valence-electron chi connectivity index (χ2n) is 7.32. The molecule has 0 N–H and O–H groups in total. The molecule has 0 aliphatic carbocycles. The second kappa shape index (κ2) is 16.1. The van der Waals surface area contributed by atoms with Gasteiger partial charge in [0.05, 0.1) is 13.5 Å². The number of ether oxygens (including phenoxy) is 2. The normalized spacial score (nSPS) is 21.3. The lowest BCUT2D eigenvalue weighted by Crippen LogP contribution is -2.42. The summed E-state index contributed by atoms with van der Waals surface area (Å²) in [5, 5.41) is 0. The van der Waals surface area contributed by atoms with E-state index in [4.69, 9.17) is 20.9 Å². The van der Waals surface area contributed by atoms with Gasteiger partial charge in [-0.25, -0.2) is 9.78 Å². The van der Waals surface area contributed by atoms with Gasteiger partial charge in [0.2, 0.25) is 5.79 Å². The van der Waals surface area contributed by atoms with Crippen LogP contribution in [0.1, 0.15) is 83.5 Å². The van der Waals surface area contributed by atoms with Crippen LogP contribution in [0.3, 0.4) is 0 Å². The molecular formula is C24H36O5. The van der Waals surface area contributed by atoms with Gasteiger partial charge in [0.25, 0.3) is 0 Å². The summed E-state index contributed by atoms with van der Waals surface area (Å²) in [6, 6.07) is 0. The maximum Gasteiger partial charge on any atom is 0.308 e. The molecule has 0 amide bonds. The lowest BCUT2D eigenvalue weighted by Gasteiger charge is -2.37. The van der Waals surface area contributed by atoms with Gasteiger partial charge in [-0.15, -0.1) is 12.3 Å². The first-order chi connectivity index (χ1) is 14.2. The van der Waals surface area contributed by atoms with Crippen LogP contribution in [0.4, 0.5) is 0 Å². The van der Waals surface area contributed by atoms with Gasteiger partial charge in [-0.2, -0.15) is 0 Å². The number of carbonyl (C=O) groups is 1. The average Bonchev–Trinajstić information content (AvgIpc) is 2.75. The van der Waals surface area contributed by atoms with Gasteiger partial charge >= 0.3 is 5.97 Å². The number of terminal acetylenes is 1. The van der Waals surface area contributed by atoms with E-state index in [1.807, 2.05) is 6.08 Å². The Morgan fingerprint density at radius 2 is 1.97 bits per heavy atom. The summed E-state index contributed by atoms with van der Waals surface area (Å²) in [5.74, 6) is 7.89. The summed E-state index contributed by atoms with van der Waals surface area (Å²) in [5.41, 5.74) is 0. The fraction of sp³-hybridized carbons (Fsp3) is 0.708. The van der Waals surface area contributed by atoms with Crippen LogP contribution in [0, 0.1) is 24.2 Å². The smallest absolute Gasteiger partial charge is 0.308 e. The number of allylic oxidation sites excluding steroid dienone is 2. The zero-order valence-corrected chi connectivity index (χ0v) is 18.0. The molecule has 2 atom stereocenters. The summed E-state index contributed by atoms with van der Waals surface area (Å²) in [4.78, 5) is 22.1. The van der Waals surface area contributed by atoms with Gasteiger partial charge in [-0.05, 0) is 38.2 Å². The minimum Gasteiger partial charge on any atom is -0.469 e. The van der Waals surface area contributed by atoms with Gasteiger partial charge in [0.1, 0.15) is 6.10 Å². The van der Waals surface area contributed by atoms with Crippen molar-refractivity contribution in [2.24, 2.45) is 0 Å². The largest absolute Gasteiger partial charge is 0.469 e. The van der Waals surface area contributed by atoms with Crippen molar-refractivity contribution in [3.05, 3.63) is 12.2 Å². The van der Waals surface area contributed by atoms with Crippen LogP contribution < -0.4 is 0 Å². The van der Waals surface area contributed by atoms with E-state index < -0.39 is 5.79 Å². The first-order valence-electron chi connectivity index (χ1n) is 10.7. The standard InChI is InChI=1S/C24H36O5/c1-4-5-6-7-8-9-10-11-12-13-14-15-16-17-19-24(27-3)20-18-22(28-29-24)21-23(25)26-2/h1,12-13,22H,5-11,16-21H2,2-3H3/b13-12+/t22-,24+/m0/s1. The molecule has 1 rings (SSSR count). The van der Waals surface area contributed by atoms with E-state index >= 15 is 0 Å². The average molecular weight is 405 g/mol. The van der Waals surface area contributed by atoms with E-state index in [0.717, 1.165) is 32.1 Å². The van der Waals surface area contributed by atoms with Crippen LogP contribution in [0.5, 0.6) is 0 Å². The number of unbranched alkanes of at least 4 members (excludes halogenated alkanes) is 7. The Morgan fingerprint density at radius 1 is 1.17 bits per heavy atom. The molecule has 0 aromatic rings. The molecule has 1 aliphatic rings. The third-order valence-corrected chi connectivity index (χ3v) is 5.03. The van der Waals surface area contributed by atoms with E-state index in [-0.39, 0.29) is 18.5 Å². The predicted octanol–water partition coefficient (Wildman–Crippen LogP) is 5.10. The van der Waals surface area contributed by atoms with Crippen molar-refractivity contribution in [1.82, 2.24) is 0 Å². The Hall–Kier alpha value is -1.79. The van der Waals surface area contributed by atoms with Crippen molar-refractivity contribution in [3.8, 4) is 24.2 Å². The molecule has 0 unspecified atom stereocenters. The highest BCUT2D eigenvalue weighted by molar-refractivity contribution is 5.69. The topological polar surface area (TPSA) is 54.0 Å². The van der Waals surface area contributed by atoms with Crippen molar-refractivity contribution in [1.29, 1.82) is 0 Å². The molecule has 5 nitrogen and oxygen atoms in total. The van der Waals surface area contributed by atoms with Crippen LogP contribution in [-0.4, -0.2) is 32.1 Å². The Labute approximate surface area is 176 Å². The van der Waals surface area contributed by atoms with Crippen molar-refractivity contribution < 1.29 is 24.0 Å². The Morgan fingerprint density at radius 3 is 2.66 bits per heavy atom. The van der Waals surface area contributed by atoms with Gasteiger partial charge < -0.3 is 9.47 Å². The van der Waals surface area contributed by atoms with Crippen LogP contribution in [0.2, 0.25) is 0 Å².